The molecule has 0 bridgehead atoms. The number of benzene rings is 1. The fourth-order valence-electron chi connectivity index (χ4n) is 1.84. The molecule has 1 rings (SSSR count). The minimum Gasteiger partial charge on any atom is -0.456 e. The van der Waals surface area contributed by atoms with Gasteiger partial charge in [-0.25, -0.2) is 4.79 Å². The number of hydrogen-bond acceptors (Lipinski definition) is 4. The van der Waals surface area contributed by atoms with Gasteiger partial charge in [-0.15, -0.1) is 0 Å². The second-order valence-electron chi connectivity index (χ2n) is 5.77. The summed E-state index contributed by atoms with van der Waals surface area (Å²) < 4.78 is 5.27. The van der Waals surface area contributed by atoms with Crippen molar-refractivity contribution in [1.29, 1.82) is 0 Å². The van der Waals surface area contributed by atoms with Crippen LogP contribution in [0.2, 0.25) is 0 Å². The normalized spacial score (nSPS) is 12.1. The molecule has 0 saturated heterocycles. The third kappa shape index (κ3) is 5.77. The molecule has 0 saturated carbocycles. The van der Waals surface area contributed by atoms with Crippen molar-refractivity contribution in [2.75, 3.05) is 0 Å². The van der Waals surface area contributed by atoms with Crippen LogP contribution in [0.1, 0.15) is 56.5 Å². The van der Waals surface area contributed by atoms with Gasteiger partial charge in [-0.3, -0.25) is 10.1 Å². The van der Waals surface area contributed by atoms with Crippen molar-refractivity contribution in [2.24, 2.45) is 0 Å². The molecule has 5 nitrogen and oxygen atoms in total. The first kappa shape index (κ1) is 16.9. The summed E-state index contributed by atoms with van der Waals surface area (Å²) in [4.78, 5) is 22.1. The fourth-order valence-corrected chi connectivity index (χ4v) is 1.84. The van der Waals surface area contributed by atoms with Crippen LogP contribution < -0.4 is 0 Å². The third-order valence-corrected chi connectivity index (χ3v) is 2.67. The average molecular weight is 291 g/mol. The topological polar surface area (TPSA) is 69.4 Å². The molecule has 0 N–H and O–H groups in total. The summed E-state index contributed by atoms with van der Waals surface area (Å²) in [5, 5.41) is 10.6. The lowest BCUT2D eigenvalue weighted by Crippen LogP contribution is -2.23. The quantitative estimate of drug-likeness (QED) is 0.466. The number of esters is 1. The van der Waals surface area contributed by atoms with Crippen LogP contribution in [0.25, 0.3) is 5.57 Å². The van der Waals surface area contributed by atoms with Crippen LogP contribution in [-0.2, 0) is 4.74 Å². The van der Waals surface area contributed by atoms with Crippen molar-refractivity contribution in [1.82, 2.24) is 0 Å². The smallest absolute Gasteiger partial charge is 0.338 e. The summed E-state index contributed by atoms with van der Waals surface area (Å²) >= 11 is 0. The molecule has 0 aliphatic heterocycles. The first-order valence-corrected chi connectivity index (χ1v) is 6.91. The molecule has 0 amide bonds. The lowest BCUT2D eigenvalue weighted by Gasteiger charge is -2.19. The number of nitrogens with zero attached hydrogens (tertiary/aromatic N) is 1. The van der Waals surface area contributed by atoms with E-state index in [9.17, 15) is 14.9 Å². The highest BCUT2D eigenvalue weighted by Crippen LogP contribution is 2.21. The fraction of sp³-hybridized carbons (Fsp3) is 0.438. The summed E-state index contributed by atoms with van der Waals surface area (Å²) in [5.74, 6) is -0.399. The Morgan fingerprint density at radius 1 is 1.24 bits per heavy atom. The van der Waals surface area contributed by atoms with E-state index in [4.69, 9.17) is 4.74 Å². The van der Waals surface area contributed by atoms with Gasteiger partial charge < -0.3 is 4.74 Å². The number of nitro groups is 1. The Bertz CT molecular complexity index is 538. The average Bonchev–Trinajstić information content (AvgIpc) is 2.36. The van der Waals surface area contributed by atoms with E-state index >= 15 is 0 Å². The van der Waals surface area contributed by atoms with Gasteiger partial charge in [-0.05, 0) is 44.9 Å². The summed E-state index contributed by atoms with van der Waals surface area (Å²) in [7, 11) is 0. The van der Waals surface area contributed by atoms with Crippen LogP contribution in [0.3, 0.4) is 0 Å². The van der Waals surface area contributed by atoms with Crippen molar-refractivity contribution >= 4 is 11.5 Å². The zero-order chi connectivity index (χ0) is 16.0. The Morgan fingerprint density at radius 3 is 2.19 bits per heavy atom. The second kappa shape index (κ2) is 7.02. The number of rotatable bonds is 5. The van der Waals surface area contributed by atoms with Crippen LogP contribution in [0.5, 0.6) is 0 Å². The van der Waals surface area contributed by atoms with Gasteiger partial charge in [0.15, 0.2) is 0 Å². The van der Waals surface area contributed by atoms with Gasteiger partial charge in [0.05, 0.1) is 10.5 Å². The predicted molar refractivity (Wildman–Crippen MR) is 81.5 cm³/mol. The monoisotopic (exact) mass is 291 g/mol. The molecule has 0 atom stereocenters. The maximum atomic E-state index is 11.9. The highest BCUT2D eigenvalue weighted by molar-refractivity contribution is 5.90. The van der Waals surface area contributed by atoms with Gasteiger partial charge in [0.25, 0.3) is 0 Å². The molecule has 0 radical (unpaired) electrons. The molecule has 5 heteroatoms. The molecule has 0 spiro atoms. The van der Waals surface area contributed by atoms with Crippen LogP contribution in [0.4, 0.5) is 0 Å². The summed E-state index contributed by atoms with van der Waals surface area (Å²) in [6.45, 7) is 7.37. The summed E-state index contributed by atoms with van der Waals surface area (Å²) in [6.07, 6.45) is 2.45. The Morgan fingerprint density at radius 2 is 1.76 bits per heavy atom. The number of ether oxygens (including phenoxy) is 1. The second-order valence-corrected chi connectivity index (χ2v) is 5.77. The molecule has 21 heavy (non-hydrogen) atoms. The van der Waals surface area contributed by atoms with Crippen LogP contribution >= 0.6 is 0 Å². The van der Waals surface area contributed by atoms with Gasteiger partial charge in [-0.2, -0.15) is 0 Å². The maximum Gasteiger partial charge on any atom is 0.338 e. The van der Waals surface area contributed by atoms with Crippen molar-refractivity contribution in [3.8, 4) is 0 Å². The summed E-state index contributed by atoms with van der Waals surface area (Å²) in [5.41, 5.74) is 1.29. The van der Waals surface area contributed by atoms with Crippen molar-refractivity contribution in [3.05, 3.63) is 51.7 Å². The van der Waals surface area contributed by atoms with E-state index in [2.05, 4.69) is 0 Å². The largest absolute Gasteiger partial charge is 0.456 e. The Hall–Kier alpha value is -2.17. The number of carbonyl (C=O) groups is 1. The zero-order valence-electron chi connectivity index (χ0n) is 12.9. The van der Waals surface area contributed by atoms with E-state index in [-0.39, 0.29) is 0 Å². The van der Waals surface area contributed by atoms with E-state index in [0.29, 0.717) is 17.6 Å². The van der Waals surface area contributed by atoms with Crippen molar-refractivity contribution in [2.45, 2.75) is 46.1 Å². The van der Waals surface area contributed by atoms with Gasteiger partial charge in [-0.1, -0.05) is 25.5 Å². The molecule has 0 heterocycles. The highest BCUT2D eigenvalue weighted by atomic mass is 16.6. The Labute approximate surface area is 124 Å². The Kier molecular flexibility index (Phi) is 5.64. The van der Waals surface area contributed by atoms with Crippen LogP contribution in [0.15, 0.2) is 30.5 Å². The predicted octanol–water partition coefficient (Wildman–Crippen LogP) is 4.06. The van der Waals surface area contributed by atoms with Gasteiger partial charge in [0.2, 0.25) is 6.20 Å². The minimum atomic E-state index is -0.547. The molecule has 0 unspecified atom stereocenters. The molecule has 0 aromatic heterocycles. The highest BCUT2D eigenvalue weighted by Gasteiger charge is 2.18. The molecule has 1 aromatic carbocycles. The van der Waals surface area contributed by atoms with Crippen LogP contribution in [0, 0.1) is 10.1 Å². The molecule has 0 aliphatic rings. The van der Waals surface area contributed by atoms with E-state index in [1.807, 2.05) is 6.92 Å². The standard InChI is InChI=1S/C16H21NO4/c1-5-6-14(11-17(19)20)12-7-9-13(10-8-12)15(18)21-16(2,3)4/h7-11H,5-6H2,1-4H3/b14-11-. The molecular weight excluding hydrogens is 270 g/mol. The van der Waals surface area contributed by atoms with Crippen molar-refractivity contribution < 1.29 is 14.5 Å². The molecule has 1 aromatic rings. The zero-order valence-corrected chi connectivity index (χ0v) is 12.9. The first-order chi connectivity index (χ1) is 9.73. The van der Waals surface area contributed by atoms with E-state index in [1.165, 1.54) is 0 Å². The van der Waals surface area contributed by atoms with Gasteiger partial charge >= 0.3 is 5.97 Å². The van der Waals surface area contributed by atoms with Gasteiger partial charge in [0.1, 0.15) is 5.60 Å². The van der Waals surface area contributed by atoms with Crippen LogP contribution in [-0.4, -0.2) is 16.5 Å². The van der Waals surface area contributed by atoms with Crippen molar-refractivity contribution in [3.63, 3.8) is 0 Å². The lowest BCUT2D eigenvalue weighted by atomic mass is 10.0. The minimum absolute atomic E-state index is 0.399. The number of carbonyl (C=O) groups excluding carboxylic acids is 1. The van der Waals surface area contributed by atoms with E-state index in [1.54, 1.807) is 45.0 Å². The van der Waals surface area contributed by atoms with E-state index < -0.39 is 16.5 Å². The lowest BCUT2D eigenvalue weighted by molar-refractivity contribution is -0.401. The Balaban J connectivity index is 2.95. The SMILES string of the molecule is CCC/C(=C/[N+](=O)[O-])c1ccc(C(=O)OC(C)(C)C)cc1. The summed E-state index contributed by atoms with van der Waals surface area (Å²) in [6, 6.07) is 6.69. The maximum absolute atomic E-state index is 11.9. The first-order valence-electron chi connectivity index (χ1n) is 6.91. The molecule has 0 fully saturated rings. The van der Waals surface area contributed by atoms with E-state index in [0.717, 1.165) is 18.2 Å². The number of allylic oxidation sites excluding steroid dienone is 1. The molecule has 0 aliphatic carbocycles. The number of hydrogen-bond donors (Lipinski definition) is 0. The molecular formula is C16H21NO4. The molecule has 114 valence electrons. The van der Waals surface area contributed by atoms with Gasteiger partial charge in [0, 0.05) is 5.57 Å². The third-order valence-electron chi connectivity index (χ3n) is 2.67.